The smallest absolute Gasteiger partial charge is 0.0543 e. The van der Waals surface area contributed by atoms with Crippen LogP contribution in [0.25, 0.3) is 0 Å². The van der Waals surface area contributed by atoms with Gasteiger partial charge in [0.05, 0.1) is 6.54 Å². The van der Waals surface area contributed by atoms with Crippen molar-refractivity contribution in [2.24, 2.45) is 5.10 Å². The molecule has 2 heteroatoms. The molecule has 0 radical (unpaired) electrons. The Balaban J connectivity index is 2.58. The van der Waals surface area contributed by atoms with E-state index in [1.54, 1.807) is 0 Å². The van der Waals surface area contributed by atoms with Crippen molar-refractivity contribution in [3.8, 4) is 0 Å². The van der Waals surface area contributed by atoms with Crippen molar-refractivity contribution in [2.45, 2.75) is 6.92 Å². The van der Waals surface area contributed by atoms with Gasteiger partial charge in [0, 0.05) is 13.3 Å². The number of hydrogen-bond acceptors (Lipinski definition) is 2. The third kappa shape index (κ3) is 1.09. The Labute approximate surface area is 49.5 Å². The number of rotatable bonds is 0. The second kappa shape index (κ2) is 1.99. The van der Waals surface area contributed by atoms with Crippen LogP contribution in [0.2, 0.25) is 0 Å². The largest absolute Gasteiger partial charge is 0.296 e. The average Bonchev–Trinajstić information content (AvgIpc) is 1.77. The molecule has 2 nitrogen and oxygen atoms in total. The van der Waals surface area contributed by atoms with Crippen molar-refractivity contribution in [1.29, 1.82) is 0 Å². The molecule has 1 aliphatic rings. The van der Waals surface area contributed by atoms with Crippen molar-refractivity contribution < 1.29 is 0 Å². The van der Waals surface area contributed by atoms with Crippen LogP contribution in [0, 0.1) is 0 Å². The number of allylic oxidation sites excluding steroid dienone is 1. The molecule has 0 aromatic rings. The van der Waals surface area contributed by atoms with Crippen LogP contribution in [-0.2, 0) is 0 Å². The van der Waals surface area contributed by atoms with E-state index in [1.807, 2.05) is 18.3 Å². The lowest BCUT2D eigenvalue weighted by atomic mass is 10.3. The molecule has 1 heterocycles. The second-order valence-electron chi connectivity index (χ2n) is 2.03. The zero-order valence-electron chi connectivity index (χ0n) is 5.26. The molecular formula is C6H10N2. The highest BCUT2D eigenvalue weighted by molar-refractivity contribution is 5.78. The molecule has 0 atom stereocenters. The molecule has 0 bridgehead atoms. The van der Waals surface area contributed by atoms with E-state index in [1.165, 1.54) is 5.57 Å². The monoisotopic (exact) mass is 110 g/mol. The first-order chi connectivity index (χ1) is 3.79. The van der Waals surface area contributed by atoms with Gasteiger partial charge in [0.15, 0.2) is 0 Å². The molecule has 0 aromatic carbocycles. The third-order valence-corrected chi connectivity index (χ3v) is 1.14. The maximum absolute atomic E-state index is 4.05. The molecule has 0 spiro atoms. The minimum absolute atomic E-state index is 0.947. The lowest BCUT2D eigenvalue weighted by Gasteiger charge is -2.13. The van der Waals surface area contributed by atoms with Gasteiger partial charge in [-0.15, -0.1) is 0 Å². The summed E-state index contributed by atoms with van der Waals surface area (Å²) in [7, 11) is 1.96. The van der Waals surface area contributed by atoms with Gasteiger partial charge in [-0.05, 0) is 12.5 Å². The van der Waals surface area contributed by atoms with Crippen molar-refractivity contribution in [3.05, 3.63) is 11.6 Å². The molecule has 0 aliphatic carbocycles. The normalized spacial score (nSPS) is 18.8. The van der Waals surface area contributed by atoms with Crippen LogP contribution < -0.4 is 0 Å². The highest BCUT2D eigenvalue weighted by Crippen LogP contribution is 1.96. The predicted octanol–water partition coefficient (Wildman–Crippen LogP) is 0.864. The van der Waals surface area contributed by atoms with Gasteiger partial charge in [0.2, 0.25) is 0 Å². The summed E-state index contributed by atoms with van der Waals surface area (Å²) in [6, 6.07) is 0. The third-order valence-electron chi connectivity index (χ3n) is 1.14. The molecule has 0 N–H and O–H groups in total. The Hall–Kier alpha value is -0.790. The van der Waals surface area contributed by atoms with Crippen LogP contribution in [-0.4, -0.2) is 24.8 Å². The molecule has 0 aromatic heterocycles. The molecule has 8 heavy (non-hydrogen) atoms. The van der Waals surface area contributed by atoms with Crippen LogP contribution in [0.4, 0.5) is 0 Å². The van der Waals surface area contributed by atoms with E-state index in [0.717, 1.165) is 6.54 Å². The van der Waals surface area contributed by atoms with Crippen LogP contribution in [0.3, 0.4) is 0 Å². The Morgan fingerprint density at radius 3 is 2.88 bits per heavy atom. The zero-order valence-corrected chi connectivity index (χ0v) is 5.26. The summed E-state index contributed by atoms with van der Waals surface area (Å²) in [5.74, 6) is 0. The van der Waals surface area contributed by atoms with E-state index >= 15 is 0 Å². The second-order valence-corrected chi connectivity index (χ2v) is 2.03. The van der Waals surface area contributed by atoms with Gasteiger partial charge in [-0.25, -0.2) is 0 Å². The quantitative estimate of drug-likeness (QED) is 0.451. The van der Waals surface area contributed by atoms with E-state index in [4.69, 9.17) is 0 Å². The van der Waals surface area contributed by atoms with Gasteiger partial charge >= 0.3 is 0 Å². The highest BCUT2D eigenvalue weighted by atomic mass is 15.4. The van der Waals surface area contributed by atoms with Crippen molar-refractivity contribution >= 4 is 6.21 Å². The van der Waals surface area contributed by atoms with Crippen molar-refractivity contribution in [3.63, 3.8) is 0 Å². The first-order valence-corrected chi connectivity index (χ1v) is 2.71. The van der Waals surface area contributed by atoms with E-state index in [9.17, 15) is 0 Å². The number of hydrazone groups is 1. The van der Waals surface area contributed by atoms with Gasteiger partial charge in [0.25, 0.3) is 0 Å². The SMILES string of the molecule is CC1=CCN(C)N=C1. The summed E-state index contributed by atoms with van der Waals surface area (Å²) in [6.07, 6.45) is 4.01. The van der Waals surface area contributed by atoms with Gasteiger partial charge in [0.1, 0.15) is 0 Å². The minimum atomic E-state index is 0.947. The molecular weight excluding hydrogens is 100 g/mol. The summed E-state index contributed by atoms with van der Waals surface area (Å²) >= 11 is 0. The van der Waals surface area contributed by atoms with Crippen LogP contribution in [0.15, 0.2) is 16.8 Å². The molecule has 0 fully saturated rings. The van der Waals surface area contributed by atoms with Crippen LogP contribution in [0.5, 0.6) is 0 Å². The summed E-state index contributed by atoms with van der Waals surface area (Å²) < 4.78 is 0. The molecule has 0 saturated carbocycles. The molecule has 0 amide bonds. The fraction of sp³-hybridized carbons (Fsp3) is 0.500. The maximum atomic E-state index is 4.05. The van der Waals surface area contributed by atoms with E-state index in [0.29, 0.717) is 0 Å². The summed E-state index contributed by atoms with van der Waals surface area (Å²) in [5.41, 5.74) is 1.25. The van der Waals surface area contributed by atoms with E-state index < -0.39 is 0 Å². The van der Waals surface area contributed by atoms with Gasteiger partial charge in [-0.1, -0.05) is 6.08 Å². The van der Waals surface area contributed by atoms with Crippen LogP contribution >= 0.6 is 0 Å². The van der Waals surface area contributed by atoms with Gasteiger partial charge in [-0.3, -0.25) is 5.01 Å². The molecule has 0 saturated heterocycles. The Morgan fingerprint density at radius 2 is 2.50 bits per heavy atom. The van der Waals surface area contributed by atoms with E-state index in [-0.39, 0.29) is 0 Å². The average molecular weight is 110 g/mol. The maximum Gasteiger partial charge on any atom is 0.0543 e. The first kappa shape index (κ1) is 5.35. The Kier molecular flexibility index (Phi) is 1.33. The number of nitrogens with zero attached hydrogens (tertiary/aromatic N) is 2. The van der Waals surface area contributed by atoms with Gasteiger partial charge < -0.3 is 0 Å². The lowest BCUT2D eigenvalue weighted by Crippen LogP contribution is -2.14. The minimum Gasteiger partial charge on any atom is -0.296 e. The first-order valence-electron chi connectivity index (χ1n) is 2.71. The number of likely N-dealkylation sites (N-methyl/N-ethyl adjacent to an activating group) is 1. The van der Waals surface area contributed by atoms with Gasteiger partial charge in [-0.2, -0.15) is 5.10 Å². The standard InChI is InChI=1S/C6H10N2/c1-6-3-4-8(2)7-5-6/h3,5H,4H2,1-2H3. The fourth-order valence-corrected chi connectivity index (χ4v) is 0.566. The van der Waals surface area contributed by atoms with E-state index in [2.05, 4.69) is 18.1 Å². The summed E-state index contributed by atoms with van der Waals surface area (Å²) in [4.78, 5) is 0. The Bertz CT molecular complexity index is 135. The highest BCUT2D eigenvalue weighted by Gasteiger charge is 1.93. The van der Waals surface area contributed by atoms with Crippen LogP contribution in [0.1, 0.15) is 6.92 Å². The topological polar surface area (TPSA) is 15.6 Å². The molecule has 1 rings (SSSR count). The molecule has 44 valence electrons. The molecule has 1 aliphatic heterocycles. The summed E-state index contributed by atoms with van der Waals surface area (Å²) in [6.45, 7) is 3.00. The lowest BCUT2D eigenvalue weighted by molar-refractivity contribution is 0.392. The number of hydrogen-bond donors (Lipinski definition) is 0. The Morgan fingerprint density at radius 1 is 1.75 bits per heavy atom. The zero-order chi connectivity index (χ0) is 5.98. The predicted molar refractivity (Wildman–Crippen MR) is 34.9 cm³/mol. The molecule has 0 unspecified atom stereocenters. The van der Waals surface area contributed by atoms with Crippen molar-refractivity contribution in [2.75, 3.05) is 13.6 Å². The van der Waals surface area contributed by atoms with Crippen molar-refractivity contribution in [1.82, 2.24) is 5.01 Å². The summed E-state index contributed by atoms with van der Waals surface area (Å²) in [5, 5.41) is 5.95. The fourth-order valence-electron chi connectivity index (χ4n) is 0.566.